The van der Waals surface area contributed by atoms with Gasteiger partial charge in [-0.2, -0.15) is 4.52 Å². The van der Waals surface area contributed by atoms with E-state index in [9.17, 15) is 4.79 Å². The molecule has 1 aliphatic heterocycles. The number of aryl methyl sites for hydroxylation is 1. The van der Waals surface area contributed by atoms with Crippen molar-refractivity contribution in [1.82, 2.24) is 24.9 Å². The van der Waals surface area contributed by atoms with Gasteiger partial charge in [-0.1, -0.05) is 18.2 Å². The summed E-state index contributed by atoms with van der Waals surface area (Å²) in [6.07, 6.45) is 2.07. The molecule has 2 aromatic heterocycles. The number of benzene rings is 1. The number of ether oxygens (including phenoxy) is 2. The van der Waals surface area contributed by atoms with Crippen LogP contribution in [0.5, 0.6) is 0 Å². The van der Waals surface area contributed by atoms with Gasteiger partial charge in [-0.25, -0.2) is 0 Å². The lowest BCUT2D eigenvalue weighted by Crippen LogP contribution is -2.39. The van der Waals surface area contributed by atoms with E-state index in [2.05, 4.69) is 21.6 Å². The van der Waals surface area contributed by atoms with Crippen LogP contribution in [0.15, 0.2) is 24.3 Å². The van der Waals surface area contributed by atoms with Crippen LogP contribution >= 0.6 is 0 Å². The fourth-order valence-electron chi connectivity index (χ4n) is 3.70. The predicted octanol–water partition coefficient (Wildman–Crippen LogP) is 1.74. The number of nitrogens with zero attached hydrogens (tertiary/aromatic N) is 5. The van der Waals surface area contributed by atoms with Gasteiger partial charge >= 0.3 is 0 Å². The molecule has 1 unspecified atom stereocenters. The first-order valence-electron chi connectivity index (χ1n) is 9.15. The molecule has 1 aromatic carbocycles. The molecular formula is C19H23N5O3. The maximum Gasteiger partial charge on any atom is 0.248 e. The summed E-state index contributed by atoms with van der Waals surface area (Å²) < 4.78 is 12.6. The summed E-state index contributed by atoms with van der Waals surface area (Å²) in [6, 6.07) is 8.15. The highest BCUT2D eigenvalue weighted by Gasteiger charge is 2.24. The second-order valence-corrected chi connectivity index (χ2v) is 6.94. The van der Waals surface area contributed by atoms with Crippen molar-refractivity contribution in [2.45, 2.75) is 32.4 Å². The summed E-state index contributed by atoms with van der Waals surface area (Å²) >= 11 is 0. The second kappa shape index (κ2) is 7.58. The lowest BCUT2D eigenvalue weighted by Gasteiger charge is -2.25. The summed E-state index contributed by atoms with van der Waals surface area (Å²) in [5.41, 5.74) is 3.65. The van der Waals surface area contributed by atoms with Crippen molar-refractivity contribution in [2.24, 2.45) is 0 Å². The minimum Gasteiger partial charge on any atom is -0.376 e. The summed E-state index contributed by atoms with van der Waals surface area (Å²) in [4.78, 5) is 14.4. The normalized spacial score (nSPS) is 17.0. The minimum absolute atomic E-state index is 0.0423. The average molecular weight is 369 g/mol. The Morgan fingerprint density at radius 1 is 1.44 bits per heavy atom. The molecule has 0 N–H and O–H groups in total. The lowest BCUT2D eigenvalue weighted by atomic mass is 10.1. The van der Waals surface area contributed by atoms with Crippen LogP contribution in [0.2, 0.25) is 0 Å². The van der Waals surface area contributed by atoms with Gasteiger partial charge in [-0.15, -0.1) is 5.10 Å². The Balaban J connectivity index is 1.72. The highest BCUT2D eigenvalue weighted by Crippen LogP contribution is 2.24. The van der Waals surface area contributed by atoms with Crippen LogP contribution in [0.1, 0.15) is 24.0 Å². The van der Waals surface area contributed by atoms with E-state index in [-0.39, 0.29) is 18.6 Å². The Morgan fingerprint density at radius 2 is 2.33 bits per heavy atom. The van der Waals surface area contributed by atoms with Gasteiger partial charge in [0.15, 0.2) is 5.65 Å². The van der Waals surface area contributed by atoms with Crippen molar-refractivity contribution in [1.29, 1.82) is 0 Å². The van der Waals surface area contributed by atoms with Gasteiger partial charge in [0.1, 0.15) is 6.61 Å². The topological polar surface area (TPSA) is 81.9 Å². The third-order valence-electron chi connectivity index (χ3n) is 5.00. The van der Waals surface area contributed by atoms with Crippen molar-refractivity contribution in [3.8, 4) is 0 Å². The first-order valence-corrected chi connectivity index (χ1v) is 9.15. The van der Waals surface area contributed by atoms with Crippen molar-refractivity contribution in [3.05, 3.63) is 35.4 Å². The third kappa shape index (κ3) is 3.50. The van der Waals surface area contributed by atoms with E-state index in [4.69, 9.17) is 9.47 Å². The molecule has 0 spiro atoms. The molecule has 1 saturated heterocycles. The number of tetrazole rings is 1. The molecule has 0 radical (unpaired) electrons. The van der Waals surface area contributed by atoms with Crippen LogP contribution in [0.25, 0.3) is 16.6 Å². The number of methoxy groups -OCH3 is 1. The number of carbonyl (C=O) groups excluding carboxylic acids is 1. The van der Waals surface area contributed by atoms with Gasteiger partial charge in [-0.3, -0.25) is 4.79 Å². The second-order valence-electron chi connectivity index (χ2n) is 6.94. The van der Waals surface area contributed by atoms with Crippen molar-refractivity contribution in [3.63, 3.8) is 0 Å². The zero-order chi connectivity index (χ0) is 18.8. The van der Waals surface area contributed by atoms with Crippen LogP contribution in [-0.2, 0) is 20.8 Å². The number of aromatic nitrogens is 4. The van der Waals surface area contributed by atoms with Crippen molar-refractivity contribution < 1.29 is 14.3 Å². The van der Waals surface area contributed by atoms with Crippen molar-refractivity contribution >= 4 is 22.5 Å². The highest BCUT2D eigenvalue weighted by molar-refractivity contribution is 5.86. The van der Waals surface area contributed by atoms with E-state index >= 15 is 0 Å². The molecule has 3 aromatic rings. The van der Waals surface area contributed by atoms with Gasteiger partial charge in [0.2, 0.25) is 5.91 Å². The number of pyridine rings is 1. The SMILES string of the molecule is COCC(=O)N(Cc1cc2cccc(C)c2n2nnnc12)CC1CCCO1. The molecule has 1 aliphatic rings. The molecule has 3 heterocycles. The Morgan fingerprint density at radius 3 is 3.11 bits per heavy atom. The van der Waals surface area contributed by atoms with E-state index in [0.717, 1.165) is 41.5 Å². The number of hydrogen-bond acceptors (Lipinski definition) is 6. The number of amides is 1. The largest absolute Gasteiger partial charge is 0.376 e. The molecule has 1 fully saturated rings. The van der Waals surface area contributed by atoms with Crippen LogP contribution in [0, 0.1) is 6.92 Å². The van der Waals surface area contributed by atoms with Gasteiger partial charge in [0.25, 0.3) is 0 Å². The number of hydrogen-bond donors (Lipinski definition) is 0. The van der Waals surface area contributed by atoms with Gasteiger partial charge in [0, 0.05) is 37.8 Å². The number of fused-ring (bicyclic) bond motifs is 3. The molecule has 4 rings (SSSR count). The Hall–Kier alpha value is -2.58. The van der Waals surface area contributed by atoms with Crippen LogP contribution in [-0.4, -0.2) is 63.8 Å². The molecule has 0 saturated carbocycles. The van der Waals surface area contributed by atoms with E-state index in [1.165, 1.54) is 7.11 Å². The highest BCUT2D eigenvalue weighted by atomic mass is 16.5. The van der Waals surface area contributed by atoms with Gasteiger partial charge in [0.05, 0.1) is 11.6 Å². The lowest BCUT2D eigenvalue weighted by molar-refractivity contribution is -0.137. The molecule has 27 heavy (non-hydrogen) atoms. The average Bonchev–Trinajstić information content (AvgIpc) is 3.33. The molecule has 0 aliphatic carbocycles. The Kier molecular flexibility index (Phi) is 5.00. The van der Waals surface area contributed by atoms with Gasteiger partial charge in [-0.05, 0) is 41.8 Å². The molecule has 142 valence electrons. The zero-order valence-corrected chi connectivity index (χ0v) is 15.6. The number of carbonyl (C=O) groups is 1. The van der Waals surface area contributed by atoms with Crippen LogP contribution < -0.4 is 0 Å². The van der Waals surface area contributed by atoms with E-state index < -0.39 is 0 Å². The summed E-state index contributed by atoms with van der Waals surface area (Å²) in [6.45, 7) is 3.79. The molecular weight excluding hydrogens is 346 g/mol. The molecule has 8 heteroatoms. The molecule has 1 amide bonds. The van der Waals surface area contributed by atoms with Crippen molar-refractivity contribution in [2.75, 3.05) is 26.9 Å². The third-order valence-corrected chi connectivity index (χ3v) is 5.00. The predicted molar refractivity (Wildman–Crippen MR) is 99.3 cm³/mol. The molecule has 8 nitrogen and oxygen atoms in total. The van der Waals surface area contributed by atoms with Gasteiger partial charge < -0.3 is 14.4 Å². The van der Waals surface area contributed by atoms with E-state index in [1.54, 1.807) is 9.42 Å². The first kappa shape index (κ1) is 17.8. The maximum atomic E-state index is 12.6. The maximum absolute atomic E-state index is 12.6. The quantitative estimate of drug-likeness (QED) is 0.658. The Labute approximate surface area is 157 Å². The zero-order valence-electron chi connectivity index (χ0n) is 15.6. The summed E-state index contributed by atoms with van der Waals surface area (Å²) in [5, 5.41) is 13.3. The minimum atomic E-state index is -0.0667. The fourth-order valence-corrected chi connectivity index (χ4v) is 3.70. The van der Waals surface area contributed by atoms with Crippen LogP contribution in [0.3, 0.4) is 0 Å². The van der Waals surface area contributed by atoms with Crippen LogP contribution in [0.4, 0.5) is 0 Å². The van der Waals surface area contributed by atoms with E-state index in [0.29, 0.717) is 18.7 Å². The first-order chi connectivity index (χ1) is 13.2. The number of rotatable bonds is 6. The molecule has 1 atom stereocenters. The fraction of sp³-hybridized carbons (Fsp3) is 0.474. The summed E-state index contributed by atoms with van der Waals surface area (Å²) in [5.74, 6) is -0.0667. The van der Waals surface area contributed by atoms with E-state index in [1.807, 2.05) is 25.1 Å². The summed E-state index contributed by atoms with van der Waals surface area (Å²) in [7, 11) is 1.53. The monoisotopic (exact) mass is 369 g/mol. The Bertz CT molecular complexity index is 965. The smallest absolute Gasteiger partial charge is 0.248 e. The standard InChI is InChI=1S/C19H23N5O3/c1-13-5-3-6-14-9-15(19-20-21-22-24(19)18(13)14)10-23(17(25)12-26-2)11-16-7-4-8-27-16/h3,5-6,9,16H,4,7-8,10-12H2,1-2H3. The number of para-hydroxylation sites is 1. The molecule has 0 bridgehead atoms.